The molecule has 0 radical (unpaired) electrons. The number of rotatable bonds is 8. The normalized spacial score (nSPS) is 13.4. The second-order valence-electron chi connectivity index (χ2n) is 7.59. The highest BCUT2D eigenvalue weighted by Gasteiger charge is 2.30. The molecule has 0 saturated heterocycles. The average molecular weight is 380 g/mol. The first-order valence-electron chi connectivity index (χ1n) is 9.74. The van der Waals surface area contributed by atoms with Crippen LogP contribution in [0.2, 0.25) is 0 Å². The van der Waals surface area contributed by atoms with Gasteiger partial charge in [0.1, 0.15) is 5.82 Å². The molecule has 1 saturated carbocycles. The number of carbonyl (C=O) groups is 2. The minimum absolute atomic E-state index is 0.0405. The zero-order valence-electron chi connectivity index (χ0n) is 16.8. The lowest BCUT2D eigenvalue weighted by Gasteiger charge is -2.21. The van der Waals surface area contributed by atoms with Gasteiger partial charge in [0.25, 0.3) is 0 Å². The number of hydrogen-bond acceptors (Lipinski definition) is 4. The molecule has 6 nitrogen and oxygen atoms in total. The molecule has 0 bridgehead atoms. The smallest absolute Gasteiger partial charge is 0.238 e. The Hall–Kier alpha value is -2.73. The molecule has 0 atom stereocenters. The van der Waals surface area contributed by atoms with Gasteiger partial charge in [0.05, 0.1) is 6.54 Å². The van der Waals surface area contributed by atoms with Gasteiger partial charge < -0.3 is 10.6 Å². The first-order chi connectivity index (χ1) is 13.4. The topological polar surface area (TPSA) is 74.3 Å². The number of pyridine rings is 1. The maximum absolute atomic E-state index is 12.5. The molecule has 1 aliphatic rings. The minimum Gasteiger partial charge on any atom is -0.325 e. The number of nitrogens with one attached hydrogen (secondary N) is 2. The van der Waals surface area contributed by atoms with Gasteiger partial charge >= 0.3 is 0 Å². The van der Waals surface area contributed by atoms with Crippen LogP contribution in [0.4, 0.5) is 11.5 Å². The second kappa shape index (κ2) is 8.97. The predicted molar refractivity (Wildman–Crippen MR) is 111 cm³/mol. The summed E-state index contributed by atoms with van der Waals surface area (Å²) in [5.74, 6) is 0.430. The third-order valence-electron chi connectivity index (χ3n) is 4.88. The first-order valence-corrected chi connectivity index (χ1v) is 9.74. The van der Waals surface area contributed by atoms with Crippen LogP contribution in [0.3, 0.4) is 0 Å². The first kappa shape index (κ1) is 20.0. The van der Waals surface area contributed by atoms with E-state index in [4.69, 9.17) is 0 Å². The Bertz CT molecular complexity index is 844. The largest absolute Gasteiger partial charge is 0.325 e. The van der Waals surface area contributed by atoms with Crippen LogP contribution in [0.1, 0.15) is 36.0 Å². The zero-order chi connectivity index (χ0) is 20.1. The van der Waals surface area contributed by atoms with E-state index in [0.717, 1.165) is 35.2 Å². The summed E-state index contributed by atoms with van der Waals surface area (Å²) in [7, 11) is 0. The molecule has 2 amide bonds. The number of anilines is 2. The monoisotopic (exact) mass is 380 g/mol. The van der Waals surface area contributed by atoms with Gasteiger partial charge in [0.15, 0.2) is 0 Å². The van der Waals surface area contributed by atoms with E-state index in [1.54, 1.807) is 12.3 Å². The standard InChI is InChI=1S/C22H28N4O2/c1-15-4-6-17(3)19(12-15)24-22(28)14-26(18-7-8-18)11-10-21(27)25-20-9-5-16(2)13-23-20/h4-6,9,12-13,18H,7-8,10-11,14H2,1-3H3,(H,24,28)(H,23,25,27). The lowest BCUT2D eigenvalue weighted by Crippen LogP contribution is -2.37. The molecule has 0 spiro atoms. The van der Waals surface area contributed by atoms with E-state index >= 15 is 0 Å². The van der Waals surface area contributed by atoms with Crippen molar-refractivity contribution in [2.24, 2.45) is 0 Å². The van der Waals surface area contributed by atoms with Crippen LogP contribution in [0.5, 0.6) is 0 Å². The van der Waals surface area contributed by atoms with Crippen LogP contribution in [0, 0.1) is 20.8 Å². The molecule has 1 heterocycles. The van der Waals surface area contributed by atoms with E-state index in [1.807, 2.05) is 45.0 Å². The number of amides is 2. The highest BCUT2D eigenvalue weighted by Crippen LogP contribution is 2.27. The molecule has 3 rings (SSSR count). The fraction of sp³-hybridized carbons (Fsp3) is 0.409. The number of benzene rings is 1. The van der Waals surface area contributed by atoms with Crippen molar-refractivity contribution >= 4 is 23.3 Å². The molecule has 148 valence electrons. The Morgan fingerprint density at radius 2 is 1.79 bits per heavy atom. The quantitative estimate of drug-likeness (QED) is 0.736. The number of nitrogens with zero attached hydrogens (tertiary/aromatic N) is 2. The molecule has 6 heteroatoms. The summed E-state index contributed by atoms with van der Waals surface area (Å²) >= 11 is 0. The predicted octanol–water partition coefficient (Wildman–Crippen LogP) is 3.44. The van der Waals surface area contributed by atoms with Crippen LogP contribution in [-0.4, -0.2) is 40.8 Å². The van der Waals surface area contributed by atoms with Gasteiger partial charge in [-0.1, -0.05) is 18.2 Å². The summed E-state index contributed by atoms with van der Waals surface area (Å²) in [5, 5.41) is 5.82. The Balaban J connectivity index is 1.50. The van der Waals surface area contributed by atoms with Crippen LogP contribution >= 0.6 is 0 Å². The summed E-state index contributed by atoms with van der Waals surface area (Å²) in [6.07, 6.45) is 4.22. The Kier molecular flexibility index (Phi) is 6.41. The molecule has 0 aliphatic heterocycles. The molecule has 1 aliphatic carbocycles. The van der Waals surface area contributed by atoms with E-state index in [1.165, 1.54) is 0 Å². The molecule has 1 aromatic heterocycles. The van der Waals surface area contributed by atoms with Crippen molar-refractivity contribution in [3.05, 3.63) is 53.2 Å². The molecule has 2 N–H and O–H groups in total. The van der Waals surface area contributed by atoms with Crippen LogP contribution in [0.25, 0.3) is 0 Å². The number of hydrogen-bond donors (Lipinski definition) is 2. The molecular formula is C22H28N4O2. The zero-order valence-corrected chi connectivity index (χ0v) is 16.8. The third-order valence-corrected chi connectivity index (χ3v) is 4.88. The fourth-order valence-corrected chi connectivity index (χ4v) is 3.07. The van der Waals surface area contributed by atoms with Gasteiger partial charge in [0.2, 0.25) is 11.8 Å². The maximum atomic E-state index is 12.5. The highest BCUT2D eigenvalue weighted by molar-refractivity contribution is 5.93. The second-order valence-corrected chi connectivity index (χ2v) is 7.59. The van der Waals surface area contributed by atoms with E-state index in [9.17, 15) is 9.59 Å². The molecule has 0 unspecified atom stereocenters. The van der Waals surface area contributed by atoms with Gasteiger partial charge in [-0.15, -0.1) is 0 Å². The summed E-state index contributed by atoms with van der Waals surface area (Å²) in [6, 6.07) is 10.1. The van der Waals surface area contributed by atoms with Gasteiger partial charge in [-0.3, -0.25) is 14.5 Å². The van der Waals surface area contributed by atoms with E-state index in [-0.39, 0.29) is 11.8 Å². The van der Waals surface area contributed by atoms with Crippen molar-refractivity contribution in [3.63, 3.8) is 0 Å². The highest BCUT2D eigenvalue weighted by atomic mass is 16.2. The van der Waals surface area contributed by atoms with Crippen molar-refractivity contribution in [2.45, 2.75) is 46.1 Å². The van der Waals surface area contributed by atoms with Gasteiger partial charge in [-0.2, -0.15) is 0 Å². The number of aryl methyl sites for hydroxylation is 3. The summed E-state index contributed by atoms with van der Waals surface area (Å²) < 4.78 is 0. The maximum Gasteiger partial charge on any atom is 0.238 e. The molecular weight excluding hydrogens is 352 g/mol. The fourth-order valence-electron chi connectivity index (χ4n) is 3.07. The minimum atomic E-state index is -0.0862. The average Bonchev–Trinajstić information content (AvgIpc) is 3.49. The Labute approximate surface area is 166 Å². The molecule has 28 heavy (non-hydrogen) atoms. The van der Waals surface area contributed by atoms with Crippen molar-refractivity contribution in [3.8, 4) is 0 Å². The molecule has 2 aromatic rings. The Morgan fingerprint density at radius 3 is 2.46 bits per heavy atom. The lowest BCUT2D eigenvalue weighted by molar-refractivity contribution is -0.119. The van der Waals surface area contributed by atoms with Crippen LogP contribution < -0.4 is 10.6 Å². The van der Waals surface area contributed by atoms with Crippen LogP contribution in [-0.2, 0) is 9.59 Å². The van der Waals surface area contributed by atoms with Crippen molar-refractivity contribution in [2.75, 3.05) is 23.7 Å². The van der Waals surface area contributed by atoms with Crippen molar-refractivity contribution in [1.82, 2.24) is 9.88 Å². The summed E-state index contributed by atoms with van der Waals surface area (Å²) in [5.41, 5.74) is 4.06. The van der Waals surface area contributed by atoms with E-state index in [2.05, 4.69) is 20.5 Å². The summed E-state index contributed by atoms with van der Waals surface area (Å²) in [4.78, 5) is 31.0. The number of aromatic nitrogens is 1. The van der Waals surface area contributed by atoms with Gasteiger partial charge in [-0.05, 0) is 62.4 Å². The number of carbonyl (C=O) groups excluding carboxylic acids is 2. The lowest BCUT2D eigenvalue weighted by atomic mass is 10.1. The third kappa shape index (κ3) is 5.89. The van der Waals surface area contributed by atoms with E-state index < -0.39 is 0 Å². The van der Waals surface area contributed by atoms with Gasteiger partial charge in [-0.25, -0.2) is 4.98 Å². The van der Waals surface area contributed by atoms with Crippen molar-refractivity contribution in [1.29, 1.82) is 0 Å². The van der Waals surface area contributed by atoms with Gasteiger partial charge in [0, 0.05) is 30.9 Å². The van der Waals surface area contributed by atoms with Crippen LogP contribution in [0.15, 0.2) is 36.5 Å². The van der Waals surface area contributed by atoms with Crippen molar-refractivity contribution < 1.29 is 9.59 Å². The Morgan fingerprint density at radius 1 is 1.04 bits per heavy atom. The SMILES string of the molecule is Cc1ccc(NC(=O)CCN(CC(=O)Nc2cc(C)ccc2C)C2CC2)nc1. The summed E-state index contributed by atoms with van der Waals surface area (Å²) in [6.45, 7) is 6.80. The van der Waals surface area contributed by atoms with E-state index in [0.29, 0.717) is 31.4 Å². The molecule has 1 fully saturated rings. The molecule has 1 aromatic carbocycles.